The van der Waals surface area contributed by atoms with Crippen LogP contribution in [0.15, 0.2) is 30.5 Å². The van der Waals surface area contributed by atoms with Crippen LogP contribution in [-0.4, -0.2) is 16.9 Å². The highest BCUT2D eigenvalue weighted by molar-refractivity contribution is 6.31. The highest BCUT2D eigenvalue weighted by Gasteiger charge is 2.25. The zero-order chi connectivity index (χ0) is 14.7. The Morgan fingerprint density at radius 1 is 1.35 bits per heavy atom. The molecule has 0 saturated heterocycles. The SMILES string of the molecule is COc1cnn(C(C)C)c1C(NN)c1ccccc1Cl. The van der Waals surface area contributed by atoms with Crippen LogP contribution in [0.2, 0.25) is 5.02 Å². The van der Waals surface area contributed by atoms with Gasteiger partial charge in [-0.2, -0.15) is 5.10 Å². The molecule has 1 atom stereocenters. The minimum absolute atomic E-state index is 0.187. The molecule has 0 aliphatic carbocycles. The van der Waals surface area contributed by atoms with Gasteiger partial charge >= 0.3 is 0 Å². The first-order valence-electron chi connectivity index (χ1n) is 6.42. The number of nitrogens with one attached hydrogen (secondary N) is 1. The summed E-state index contributed by atoms with van der Waals surface area (Å²) in [7, 11) is 1.62. The van der Waals surface area contributed by atoms with Gasteiger partial charge in [-0.1, -0.05) is 29.8 Å². The van der Waals surface area contributed by atoms with Gasteiger partial charge in [0.15, 0.2) is 5.75 Å². The number of halogens is 1. The van der Waals surface area contributed by atoms with Crippen LogP contribution >= 0.6 is 11.6 Å². The Morgan fingerprint density at radius 2 is 2.05 bits per heavy atom. The zero-order valence-electron chi connectivity index (χ0n) is 11.8. The van der Waals surface area contributed by atoms with Crippen molar-refractivity contribution in [3.63, 3.8) is 0 Å². The predicted octanol–water partition coefficient (Wildman–Crippen LogP) is 2.68. The van der Waals surface area contributed by atoms with Crippen LogP contribution in [0.3, 0.4) is 0 Å². The summed E-state index contributed by atoms with van der Waals surface area (Å²) in [6, 6.07) is 7.48. The minimum Gasteiger partial charge on any atom is -0.493 e. The van der Waals surface area contributed by atoms with E-state index in [1.807, 2.05) is 28.9 Å². The molecular weight excluding hydrogens is 276 g/mol. The molecule has 0 saturated carbocycles. The fraction of sp³-hybridized carbons (Fsp3) is 0.357. The number of hydrogen-bond acceptors (Lipinski definition) is 4. The summed E-state index contributed by atoms with van der Waals surface area (Å²) in [5.74, 6) is 6.43. The topological polar surface area (TPSA) is 65.1 Å². The molecule has 0 amide bonds. The Balaban J connectivity index is 2.57. The fourth-order valence-electron chi connectivity index (χ4n) is 2.22. The number of benzene rings is 1. The van der Waals surface area contributed by atoms with Gasteiger partial charge in [-0.05, 0) is 25.5 Å². The maximum absolute atomic E-state index is 6.28. The second-order valence-corrected chi connectivity index (χ2v) is 5.16. The molecule has 0 aliphatic heterocycles. The first-order chi connectivity index (χ1) is 9.60. The largest absolute Gasteiger partial charge is 0.493 e. The van der Waals surface area contributed by atoms with Gasteiger partial charge in [-0.25, -0.2) is 5.43 Å². The molecule has 108 valence electrons. The third-order valence-corrected chi connectivity index (χ3v) is 3.51. The number of hydrazine groups is 1. The second-order valence-electron chi connectivity index (χ2n) is 4.76. The van der Waals surface area contributed by atoms with Crippen LogP contribution in [0.5, 0.6) is 5.75 Å². The summed E-state index contributed by atoms with van der Waals surface area (Å²) in [5.41, 5.74) is 4.55. The molecule has 1 aromatic heterocycles. The summed E-state index contributed by atoms with van der Waals surface area (Å²) < 4.78 is 7.28. The maximum Gasteiger partial charge on any atom is 0.161 e. The first kappa shape index (κ1) is 14.8. The molecule has 2 aromatic rings. The molecule has 0 fully saturated rings. The molecule has 0 aliphatic rings. The molecule has 1 heterocycles. The molecule has 3 N–H and O–H groups in total. The average Bonchev–Trinajstić information content (AvgIpc) is 2.86. The number of methoxy groups -OCH3 is 1. The third kappa shape index (κ3) is 2.65. The van der Waals surface area contributed by atoms with Gasteiger partial charge in [-0.15, -0.1) is 0 Å². The van der Waals surface area contributed by atoms with Crippen molar-refractivity contribution in [2.75, 3.05) is 7.11 Å². The van der Waals surface area contributed by atoms with Crippen molar-refractivity contribution in [1.82, 2.24) is 15.2 Å². The van der Waals surface area contributed by atoms with Gasteiger partial charge in [-0.3, -0.25) is 10.5 Å². The van der Waals surface area contributed by atoms with E-state index in [-0.39, 0.29) is 12.1 Å². The predicted molar refractivity (Wildman–Crippen MR) is 79.8 cm³/mol. The lowest BCUT2D eigenvalue weighted by atomic mass is 10.0. The molecule has 1 aromatic carbocycles. The molecule has 2 rings (SSSR count). The standard InChI is InChI=1S/C14H19ClN4O/c1-9(2)19-14(12(20-3)8-17-19)13(18-16)10-6-4-5-7-11(10)15/h4-9,13,18H,16H2,1-3H3. The molecule has 6 heteroatoms. The summed E-state index contributed by atoms with van der Waals surface area (Å²) in [5, 5.41) is 5.01. The summed E-state index contributed by atoms with van der Waals surface area (Å²) in [6.45, 7) is 4.10. The lowest BCUT2D eigenvalue weighted by Gasteiger charge is -2.22. The van der Waals surface area contributed by atoms with E-state index >= 15 is 0 Å². The molecular formula is C14H19ClN4O. The Kier molecular flexibility index (Phi) is 4.65. The van der Waals surface area contributed by atoms with Crippen molar-refractivity contribution in [2.45, 2.75) is 25.9 Å². The van der Waals surface area contributed by atoms with Crippen molar-refractivity contribution in [3.8, 4) is 5.75 Å². The Hall–Kier alpha value is -1.56. The number of rotatable bonds is 5. The lowest BCUT2D eigenvalue weighted by molar-refractivity contribution is 0.394. The summed E-state index contributed by atoms with van der Waals surface area (Å²) >= 11 is 6.28. The molecule has 5 nitrogen and oxygen atoms in total. The van der Waals surface area contributed by atoms with Crippen molar-refractivity contribution < 1.29 is 4.74 Å². The van der Waals surface area contributed by atoms with Crippen LogP contribution in [0.1, 0.15) is 37.2 Å². The highest BCUT2D eigenvalue weighted by Crippen LogP contribution is 2.34. The number of nitrogens with two attached hydrogens (primary N) is 1. The molecule has 0 radical (unpaired) electrons. The van der Waals surface area contributed by atoms with Gasteiger partial charge in [0.2, 0.25) is 0 Å². The molecule has 1 unspecified atom stereocenters. The first-order valence-corrected chi connectivity index (χ1v) is 6.79. The maximum atomic E-state index is 6.28. The highest BCUT2D eigenvalue weighted by atomic mass is 35.5. The zero-order valence-corrected chi connectivity index (χ0v) is 12.6. The van der Waals surface area contributed by atoms with E-state index in [9.17, 15) is 0 Å². The molecule has 20 heavy (non-hydrogen) atoms. The number of hydrogen-bond donors (Lipinski definition) is 2. The van der Waals surface area contributed by atoms with Gasteiger partial charge in [0.05, 0.1) is 19.3 Å². The van der Waals surface area contributed by atoms with E-state index in [1.165, 1.54) is 0 Å². The van der Waals surface area contributed by atoms with Crippen molar-refractivity contribution >= 4 is 11.6 Å². The quantitative estimate of drug-likeness (QED) is 0.657. The average molecular weight is 295 g/mol. The normalized spacial score (nSPS) is 12.7. The van der Waals surface area contributed by atoms with E-state index < -0.39 is 0 Å². The van der Waals surface area contributed by atoms with Crippen LogP contribution in [0, 0.1) is 0 Å². The Bertz CT molecular complexity index is 582. The smallest absolute Gasteiger partial charge is 0.161 e. The van der Waals surface area contributed by atoms with E-state index in [0.717, 1.165) is 11.3 Å². The molecule has 0 spiro atoms. The van der Waals surface area contributed by atoms with Crippen molar-refractivity contribution in [2.24, 2.45) is 5.84 Å². The van der Waals surface area contributed by atoms with E-state index in [4.69, 9.17) is 22.2 Å². The van der Waals surface area contributed by atoms with Crippen LogP contribution in [0.25, 0.3) is 0 Å². The van der Waals surface area contributed by atoms with Crippen molar-refractivity contribution in [1.29, 1.82) is 0 Å². The van der Waals surface area contributed by atoms with Crippen LogP contribution < -0.4 is 16.0 Å². The third-order valence-electron chi connectivity index (χ3n) is 3.16. The summed E-state index contributed by atoms with van der Waals surface area (Å²) in [4.78, 5) is 0. The number of ether oxygens (including phenoxy) is 1. The summed E-state index contributed by atoms with van der Waals surface area (Å²) in [6.07, 6.45) is 1.69. The van der Waals surface area contributed by atoms with E-state index in [2.05, 4.69) is 24.4 Å². The number of nitrogens with zero attached hydrogens (tertiary/aromatic N) is 2. The number of aromatic nitrogens is 2. The van der Waals surface area contributed by atoms with Gasteiger partial charge in [0, 0.05) is 11.1 Å². The van der Waals surface area contributed by atoms with Crippen LogP contribution in [0.4, 0.5) is 0 Å². The molecule has 0 bridgehead atoms. The monoisotopic (exact) mass is 294 g/mol. The Labute approximate surface area is 123 Å². The minimum atomic E-state index is -0.288. The van der Waals surface area contributed by atoms with E-state index in [1.54, 1.807) is 13.3 Å². The lowest BCUT2D eigenvalue weighted by Crippen LogP contribution is -2.31. The fourth-order valence-corrected chi connectivity index (χ4v) is 2.47. The van der Waals surface area contributed by atoms with Gasteiger partial charge in [0.25, 0.3) is 0 Å². The van der Waals surface area contributed by atoms with Crippen molar-refractivity contribution in [3.05, 3.63) is 46.7 Å². The van der Waals surface area contributed by atoms with E-state index in [0.29, 0.717) is 10.8 Å². The van der Waals surface area contributed by atoms with Gasteiger partial charge < -0.3 is 4.74 Å². The van der Waals surface area contributed by atoms with Gasteiger partial charge in [0.1, 0.15) is 5.69 Å². The van der Waals surface area contributed by atoms with Crippen LogP contribution in [-0.2, 0) is 0 Å². The second kappa shape index (κ2) is 6.26. The Morgan fingerprint density at radius 3 is 2.60 bits per heavy atom.